The van der Waals surface area contributed by atoms with E-state index < -0.39 is 29.7 Å². The molecule has 0 fully saturated rings. The van der Waals surface area contributed by atoms with Crippen LogP contribution in [-0.4, -0.2) is 47.7 Å². The van der Waals surface area contributed by atoms with E-state index in [2.05, 4.69) is 25.9 Å². The zero-order valence-electron chi connectivity index (χ0n) is 24.7. The van der Waals surface area contributed by atoms with E-state index in [9.17, 15) is 14.4 Å². The molecular formula is C29H35ClN6O6S2. The summed E-state index contributed by atoms with van der Waals surface area (Å²) in [4.78, 5) is 44.8. The predicted octanol–water partition coefficient (Wildman–Crippen LogP) is 5.57. The lowest BCUT2D eigenvalue weighted by Crippen LogP contribution is -2.40. The number of thiazole rings is 2. The lowest BCUT2D eigenvalue weighted by molar-refractivity contribution is -0.118. The van der Waals surface area contributed by atoms with E-state index in [0.29, 0.717) is 32.9 Å². The van der Waals surface area contributed by atoms with Crippen molar-refractivity contribution in [2.24, 2.45) is 5.73 Å². The van der Waals surface area contributed by atoms with Gasteiger partial charge in [-0.3, -0.25) is 14.9 Å². The summed E-state index contributed by atoms with van der Waals surface area (Å²) in [6.07, 6.45) is 2.51. The number of halogens is 1. The molecule has 12 nitrogen and oxygen atoms in total. The summed E-state index contributed by atoms with van der Waals surface area (Å²) >= 11 is 2.63. The summed E-state index contributed by atoms with van der Waals surface area (Å²) in [5, 5.41) is 12.4. The van der Waals surface area contributed by atoms with E-state index in [4.69, 9.17) is 19.9 Å². The minimum atomic E-state index is -0.991. The maximum absolute atomic E-state index is 12.7. The number of anilines is 2. The first kappa shape index (κ1) is 36.0. The van der Waals surface area contributed by atoms with Crippen LogP contribution in [0, 0.1) is 0 Å². The lowest BCUT2D eigenvalue weighted by Gasteiger charge is -2.24. The molecule has 2 heterocycles. The van der Waals surface area contributed by atoms with Gasteiger partial charge in [-0.1, -0.05) is 36.4 Å². The molecule has 5 N–H and O–H groups in total. The normalized spacial score (nSPS) is 11.8. The maximum Gasteiger partial charge on any atom is 0.408 e. The number of ether oxygens (including phenoxy) is 3. The monoisotopic (exact) mass is 662 g/mol. The van der Waals surface area contributed by atoms with Gasteiger partial charge in [-0.25, -0.2) is 14.8 Å². The van der Waals surface area contributed by atoms with Crippen LogP contribution >= 0.6 is 35.1 Å². The number of carbonyl (C=O) groups excluding carboxylic acids is 3. The van der Waals surface area contributed by atoms with Crippen molar-refractivity contribution in [1.29, 1.82) is 0 Å². The molecule has 4 rings (SSSR count). The number of para-hydroxylation sites is 2. The molecule has 0 aliphatic heterocycles. The number of benzene rings is 2. The molecule has 2 unspecified atom stereocenters. The summed E-state index contributed by atoms with van der Waals surface area (Å²) in [5.74, 6) is 0.330. The van der Waals surface area contributed by atoms with Gasteiger partial charge in [0.25, 0.3) is 5.91 Å². The topological polar surface area (TPSA) is 167 Å². The number of hydrogen-bond acceptors (Lipinski definition) is 11. The number of nitrogens with two attached hydrogens (primary N) is 1. The van der Waals surface area contributed by atoms with Crippen LogP contribution in [0.3, 0.4) is 0 Å². The molecule has 3 amide bonds. The number of nitrogens with zero attached hydrogens (tertiary/aromatic N) is 2. The molecule has 0 saturated heterocycles. The Kier molecular flexibility index (Phi) is 14.0. The molecule has 4 aromatic rings. The fraction of sp³-hybridized carbons (Fsp3) is 0.276. The Hall–Kier alpha value is -4.24. The first-order chi connectivity index (χ1) is 20.5. The van der Waals surface area contributed by atoms with Gasteiger partial charge in [-0.2, -0.15) is 0 Å². The highest BCUT2D eigenvalue weighted by Crippen LogP contribution is 2.27. The van der Waals surface area contributed by atoms with E-state index in [1.807, 2.05) is 12.1 Å². The predicted molar refractivity (Wildman–Crippen MR) is 174 cm³/mol. The lowest BCUT2D eigenvalue weighted by atomic mass is 10.1. The van der Waals surface area contributed by atoms with E-state index in [0.717, 1.165) is 0 Å². The zero-order valence-corrected chi connectivity index (χ0v) is 27.2. The molecule has 2 aromatic heterocycles. The van der Waals surface area contributed by atoms with Crippen LogP contribution in [0.2, 0.25) is 0 Å². The van der Waals surface area contributed by atoms with Gasteiger partial charge in [0.2, 0.25) is 5.91 Å². The fourth-order valence-electron chi connectivity index (χ4n) is 3.61. The van der Waals surface area contributed by atoms with Crippen molar-refractivity contribution in [2.75, 3.05) is 24.9 Å². The molecule has 15 heteroatoms. The van der Waals surface area contributed by atoms with Gasteiger partial charge in [0.1, 0.15) is 29.2 Å². The van der Waals surface area contributed by atoms with E-state index in [1.54, 1.807) is 87.4 Å². The first-order valence-corrected chi connectivity index (χ1v) is 14.7. The van der Waals surface area contributed by atoms with Crippen LogP contribution in [0.25, 0.3) is 0 Å². The molecule has 0 aliphatic carbocycles. The van der Waals surface area contributed by atoms with Crippen LogP contribution in [0.5, 0.6) is 11.5 Å². The summed E-state index contributed by atoms with van der Waals surface area (Å²) in [5.41, 5.74) is 6.40. The highest BCUT2D eigenvalue weighted by atomic mass is 35.5. The molecule has 2 atom stereocenters. The molecular weight excluding hydrogens is 628 g/mol. The molecule has 0 saturated carbocycles. The third-order valence-corrected chi connectivity index (χ3v) is 6.83. The van der Waals surface area contributed by atoms with Crippen molar-refractivity contribution in [2.45, 2.75) is 38.5 Å². The molecule has 0 bridgehead atoms. The van der Waals surface area contributed by atoms with Crippen molar-refractivity contribution in [3.63, 3.8) is 0 Å². The van der Waals surface area contributed by atoms with Crippen molar-refractivity contribution in [1.82, 2.24) is 15.3 Å². The Balaban J connectivity index is 0.000000315. The van der Waals surface area contributed by atoms with Gasteiger partial charge < -0.3 is 30.6 Å². The molecule has 0 spiro atoms. The van der Waals surface area contributed by atoms with Crippen LogP contribution < -0.4 is 31.2 Å². The first-order valence-electron chi connectivity index (χ1n) is 12.9. The van der Waals surface area contributed by atoms with E-state index in [-0.39, 0.29) is 18.3 Å². The van der Waals surface area contributed by atoms with Crippen LogP contribution in [0.4, 0.5) is 15.1 Å². The number of methoxy groups -OCH3 is 2. The maximum atomic E-state index is 12.7. The summed E-state index contributed by atoms with van der Waals surface area (Å²) in [7, 11) is 3.05. The Bertz CT molecular complexity index is 1480. The number of alkyl carbamates (subject to hydrolysis) is 1. The van der Waals surface area contributed by atoms with Crippen LogP contribution in [0.1, 0.15) is 44.0 Å². The molecule has 2 aromatic carbocycles. The van der Waals surface area contributed by atoms with Crippen molar-refractivity contribution in [3.05, 3.63) is 82.8 Å². The van der Waals surface area contributed by atoms with Gasteiger partial charge in [0.15, 0.2) is 10.3 Å². The van der Waals surface area contributed by atoms with Gasteiger partial charge in [-0.05, 0) is 32.9 Å². The van der Waals surface area contributed by atoms with Gasteiger partial charge in [0, 0.05) is 34.3 Å². The molecule has 0 radical (unpaired) electrons. The SMILES string of the molecule is COc1ccccc1C(N)C(=O)Nc1nccs1.COc1ccccc1C(NC(=O)OC(C)(C)C)C(=O)Nc1nccs1.Cl. The Morgan fingerprint density at radius 1 is 0.795 bits per heavy atom. The largest absolute Gasteiger partial charge is 0.496 e. The highest BCUT2D eigenvalue weighted by Gasteiger charge is 2.28. The molecule has 236 valence electrons. The molecule has 0 aliphatic rings. The van der Waals surface area contributed by atoms with E-state index >= 15 is 0 Å². The average molecular weight is 663 g/mol. The van der Waals surface area contributed by atoms with Crippen LogP contribution in [0.15, 0.2) is 71.7 Å². The fourth-order valence-corrected chi connectivity index (χ4v) is 4.67. The second-order valence-corrected chi connectivity index (χ2v) is 11.5. The minimum absolute atomic E-state index is 0. The smallest absolute Gasteiger partial charge is 0.408 e. The van der Waals surface area contributed by atoms with Crippen LogP contribution in [-0.2, 0) is 14.3 Å². The van der Waals surface area contributed by atoms with Gasteiger partial charge in [-0.15, -0.1) is 35.1 Å². The van der Waals surface area contributed by atoms with Gasteiger partial charge >= 0.3 is 6.09 Å². The standard InChI is InChI=1S/C17H21N3O4S.C12H13N3O2S.ClH/c1-17(2,3)24-16(22)19-13(11-7-5-6-8-12(11)23-4)14(21)20-15-18-9-10-25-15;1-17-9-5-3-2-4-8(9)10(13)11(16)15-12-14-6-7-18-12;/h5-10,13H,1-4H3,(H,19,22)(H,18,20,21);2-7,10H,13H2,1H3,(H,14,15,16);1H. The van der Waals surface area contributed by atoms with Crippen molar-refractivity contribution >= 4 is 63.3 Å². The quantitative estimate of drug-likeness (QED) is 0.179. The van der Waals surface area contributed by atoms with E-state index in [1.165, 1.54) is 29.8 Å². The number of carbonyl (C=O) groups is 3. The molecule has 44 heavy (non-hydrogen) atoms. The number of amides is 3. The number of nitrogens with one attached hydrogen (secondary N) is 3. The second-order valence-electron chi connectivity index (χ2n) is 9.69. The average Bonchev–Trinajstić information content (AvgIpc) is 3.69. The summed E-state index contributed by atoms with van der Waals surface area (Å²) in [6, 6.07) is 12.4. The van der Waals surface area contributed by atoms with Crippen molar-refractivity contribution in [3.8, 4) is 11.5 Å². The second kappa shape index (κ2) is 17.2. The van der Waals surface area contributed by atoms with Crippen molar-refractivity contribution < 1.29 is 28.6 Å². The number of hydrogen-bond donors (Lipinski definition) is 4. The Morgan fingerprint density at radius 2 is 1.27 bits per heavy atom. The van der Waals surface area contributed by atoms with Gasteiger partial charge in [0.05, 0.1) is 14.2 Å². The Morgan fingerprint density at radius 3 is 1.75 bits per heavy atom. The summed E-state index contributed by atoms with van der Waals surface area (Å²) < 4.78 is 15.8. The number of rotatable bonds is 9. The third-order valence-electron chi connectivity index (χ3n) is 5.45. The Labute approximate surface area is 269 Å². The number of aromatic nitrogens is 2. The summed E-state index contributed by atoms with van der Waals surface area (Å²) in [6.45, 7) is 5.25. The highest BCUT2D eigenvalue weighted by molar-refractivity contribution is 7.14. The third kappa shape index (κ3) is 10.8. The zero-order chi connectivity index (χ0) is 31.4. The minimum Gasteiger partial charge on any atom is -0.496 e.